The first-order chi connectivity index (χ1) is 37.4. The molecular weight excluding hydrogens is 1150 g/mol. The zero-order valence-electron chi connectivity index (χ0n) is 41.4. The van der Waals surface area contributed by atoms with E-state index >= 15 is 0 Å². The maximum atomic E-state index is 13.5. The standard InChI is InChI=1S/C45H55N8O21P3S2/c46-41-40-26(21-53(42(40)50-25-49-41)38-20-34(54)35(72-38)23-71-76(66,67)74-77(68,69)73-75(63,64)65)9-8-17-47-36(55)15-18-78-79-24-33(43(59)48-16-7-1-2-14-37(56)51-32(44(60)61)19-39(57)58)52-45(62)70-22-31-29-12-5-3-10-27(29)28-11-4-6-13-30(28)31/h3-6,10-13,21,25,31-35,38,54H,1-2,7,14-20,22-24H2,(H,47,55)(H,48,59)(H,51,56)(H,52,62)(H,57,58)(H,60,61)(H,66,67)(H,68,69)(H2,46,49,50)(H2,63,64,65). The summed E-state index contributed by atoms with van der Waals surface area (Å²) in [6.45, 7) is -0.852. The number of unbranched alkanes of at least 4 members (excludes halogenated alkanes) is 2. The first-order valence-electron chi connectivity index (χ1n) is 23.8. The van der Waals surface area contributed by atoms with E-state index in [4.69, 9.17) is 30.1 Å². The normalized spacial score (nSPS) is 18.1. The highest BCUT2D eigenvalue weighted by atomic mass is 33.1. The molecule has 79 heavy (non-hydrogen) atoms. The van der Waals surface area contributed by atoms with Gasteiger partial charge in [-0.15, -0.1) is 0 Å². The minimum Gasteiger partial charge on any atom is -0.481 e. The maximum Gasteiger partial charge on any atom is 0.490 e. The average molecular weight is 1200 g/mol. The lowest BCUT2D eigenvalue weighted by Crippen LogP contribution is -2.48. The number of fused-ring (bicyclic) bond motifs is 4. The number of carboxylic acids is 2. The topological polar surface area (TPSA) is 446 Å². The number of anilines is 1. The van der Waals surface area contributed by atoms with Crippen molar-refractivity contribution in [2.24, 2.45) is 0 Å². The van der Waals surface area contributed by atoms with Crippen molar-refractivity contribution in [1.29, 1.82) is 0 Å². The zero-order valence-corrected chi connectivity index (χ0v) is 45.7. The summed E-state index contributed by atoms with van der Waals surface area (Å²) in [7, 11) is -14.4. The third kappa shape index (κ3) is 18.8. The van der Waals surface area contributed by atoms with E-state index in [1.54, 1.807) is 0 Å². The van der Waals surface area contributed by atoms with Gasteiger partial charge in [0.2, 0.25) is 17.7 Å². The van der Waals surface area contributed by atoms with Crippen LogP contribution in [0.15, 0.2) is 61.1 Å². The predicted octanol–water partition coefficient (Wildman–Crippen LogP) is 2.87. The van der Waals surface area contributed by atoms with E-state index in [1.807, 2.05) is 48.5 Å². The molecule has 3 heterocycles. The zero-order chi connectivity index (χ0) is 57.5. The molecule has 29 nitrogen and oxygen atoms in total. The number of phosphoric ester groups is 1. The Bertz CT molecular complexity index is 3060. The lowest BCUT2D eigenvalue weighted by molar-refractivity contribution is -0.147. The summed E-state index contributed by atoms with van der Waals surface area (Å²) in [4.78, 5) is 119. The molecule has 13 N–H and O–H groups in total. The number of amides is 4. The predicted molar refractivity (Wildman–Crippen MR) is 281 cm³/mol. The van der Waals surface area contributed by atoms with Crippen molar-refractivity contribution in [3.8, 4) is 23.0 Å². The second-order valence-corrected chi connectivity index (χ2v) is 24.4. The van der Waals surface area contributed by atoms with Crippen LogP contribution >= 0.6 is 45.1 Å². The summed E-state index contributed by atoms with van der Waals surface area (Å²) < 4.78 is 59.8. The molecular formula is C45H55N8O21P3S2. The fraction of sp³-hybridized carbons (Fsp3) is 0.422. The van der Waals surface area contributed by atoms with Crippen molar-refractivity contribution in [1.82, 2.24) is 35.8 Å². The van der Waals surface area contributed by atoms with E-state index in [1.165, 1.54) is 32.4 Å². The summed E-state index contributed by atoms with van der Waals surface area (Å²) in [5.74, 6) is 1.50. The van der Waals surface area contributed by atoms with Crippen LogP contribution < -0.4 is 27.0 Å². The van der Waals surface area contributed by atoms with Crippen LogP contribution in [0.4, 0.5) is 10.6 Å². The Labute approximate surface area is 457 Å². The number of nitrogens with two attached hydrogens (primary N) is 1. The Hall–Kier alpha value is -5.93. The number of nitrogen functional groups attached to an aromatic ring is 1. The highest BCUT2D eigenvalue weighted by Crippen LogP contribution is 2.66. The van der Waals surface area contributed by atoms with Gasteiger partial charge in [-0.3, -0.25) is 23.7 Å². The highest BCUT2D eigenvalue weighted by Gasteiger charge is 2.43. The van der Waals surface area contributed by atoms with Gasteiger partial charge in [-0.1, -0.05) is 88.4 Å². The Morgan fingerprint density at radius 1 is 0.835 bits per heavy atom. The van der Waals surface area contributed by atoms with Gasteiger partial charge in [0.15, 0.2) is 0 Å². The molecule has 4 aromatic rings. The lowest BCUT2D eigenvalue weighted by atomic mass is 9.98. The molecule has 0 radical (unpaired) electrons. The van der Waals surface area contributed by atoms with Crippen LogP contribution in [0.25, 0.3) is 22.2 Å². The number of nitrogens with zero attached hydrogens (tertiary/aromatic N) is 3. The smallest absolute Gasteiger partial charge is 0.481 e. The lowest BCUT2D eigenvalue weighted by Gasteiger charge is -2.19. The molecule has 4 amide bonds. The molecule has 7 unspecified atom stereocenters. The number of carbonyl (C=O) groups excluding carboxylic acids is 4. The molecule has 1 aliphatic heterocycles. The van der Waals surface area contributed by atoms with Crippen LogP contribution in [0.3, 0.4) is 0 Å². The monoisotopic (exact) mass is 1200 g/mol. The number of alkyl carbamates (subject to hydrolysis) is 1. The van der Waals surface area contributed by atoms with Gasteiger partial charge in [-0.25, -0.2) is 33.3 Å². The van der Waals surface area contributed by atoms with Crippen molar-refractivity contribution < 1.29 is 100.0 Å². The number of aromatic nitrogens is 3. The molecule has 428 valence electrons. The van der Waals surface area contributed by atoms with E-state index < -0.39 is 96.9 Å². The Kier molecular flexibility index (Phi) is 22.4. The first-order valence-corrected chi connectivity index (χ1v) is 30.8. The van der Waals surface area contributed by atoms with Gasteiger partial charge in [-0.05, 0) is 35.1 Å². The summed E-state index contributed by atoms with van der Waals surface area (Å²) in [5, 5.41) is 39.3. The van der Waals surface area contributed by atoms with E-state index in [9.17, 15) is 62.5 Å². The number of rotatable bonds is 29. The number of ether oxygens (including phenoxy) is 2. The number of carbonyl (C=O) groups is 6. The summed E-state index contributed by atoms with van der Waals surface area (Å²) in [6, 6.07) is 13.0. The molecule has 0 saturated carbocycles. The number of hydrogen-bond acceptors (Lipinski definition) is 20. The third-order valence-corrected chi connectivity index (χ3v) is 17.9. The van der Waals surface area contributed by atoms with Gasteiger partial charge >= 0.3 is 41.5 Å². The van der Waals surface area contributed by atoms with E-state index in [0.717, 1.165) is 28.6 Å². The number of aliphatic hydroxyl groups excluding tert-OH is 1. The fourth-order valence-electron chi connectivity index (χ4n) is 8.14. The number of nitrogens with one attached hydrogen (secondary N) is 4. The van der Waals surface area contributed by atoms with Gasteiger partial charge in [0.05, 0.1) is 36.6 Å². The van der Waals surface area contributed by atoms with Crippen molar-refractivity contribution >= 4 is 97.7 Å². The van der Waals surface area contributed by atoms with E-state index in [-0.39, 0.29) is 79.1 Å². The van der Waals surface area contributed by atoms with Crippen LogP contribution in [0.2, 0.25) is 0 Å². The Morgan fingerprint density at radius 3 is 2.20 bits per heavy atom. The first kappa shape index (κ1) is 62.3. The van der Waals surface area contributed by atoms with Crippen LogP contribution in [0.5, 0.6) is 0 Å². The van der Waals surface area contributed by atoms with Gasteiger partial charge < -0.3 is 75.9 Å². The quantitative estimate of drug-likeness (QED) is 0.0161. The minimum atomic E-state index is -5.78. The third-order valence-electron chi connectivity index (χ3n) is 11.6. The second-order valence-electron chi connectivity index (χ2n) is 17.3. The van der Waals surface area contributed by atoms with Crippen LogP contribution in [-0.4, -0.2) is 147 Å². The Balaban J connectivity index is 0.975. The van der Waals surface area contributed by atoms with E-state index in [2.05, 4.69) is 56.2 Å². The molecule has 2 aromatic carbocycles. The number of hydrogen-bond donors (Lipinski definition) is 12. The van der Waals surface area contributed by atoms with Crippen molar-refractivity contribution in [3.05, 3.63) is 77.7 Å². The van der Waals surface area contributed by atoms with E-state index in [0.29, 0.717) is 24.8 Å². The molecule has 7 atom stereocenters. The van der Waals surface area contributed by atoms with Gasteiger partial charge in [0, 0.05) is 49.4 Å². The summed E-state index contributed by atoms with van der Waals surface area (Å²) in [5.41, 5.74) is 10.7. The highest BCUT2D eigenvalue weighted by molar-refractivity contribution is 8.76. The molecule has 2 aromatic heterocycles. The van der Waals surface area contributed by atoms with Crippen molar-refractivity contribution in [3.63, 3.8) is 0 Å². The van der Waals surface area contributed by atoms with Gasteiger partial charge in [-0.2, -0.15) is 8.62 Å². The average Bonchev–Trinajstić information content (AvgIpc) is 4.18. The van der Waals surface area contributed by atoms with Crippen LogP contribution in [0, 0.1) is 11.8 Å². The molecule has 34 heteroatoms. The van der Waals surface area contributed by atoms with Gasteiger partial charge in [0.25, 0.3) is 0 Å². The van der Waals surface area contributed by atoms with Crippen molar-refractivity contribution in [2.75, 3.05) is 43.5 Å². The van der Waals surface area contributed by atoms with Crippen LogP contribution in [0.1, 0.15) is 73.8 Å². The number of benzene rings is 2. The Morgan fingerprint density at radius 2 is 1.53 bits per heavy atom. The SMILES string of the molecule is Nc1ncnc2c1c(C#CCNC(=O)CCSSCC(NC(=O)OCC1c3ccccc3-c3ccccc31)C(=O)NCCCCCC(=O)NC(CC(=O)O)C(=O)O)cn2C1CC(O)C(COP(=O)(O)OP(=O)(O)OP(=O)(O)O)O1. The molecule has 0 bridgehead atoms. The minimum absolute atomic E-state index is 0.00130. The molecule has 1 fully saturated rings. The number of phosphoric acid groups is 3. The molecule has 1 saturated heterocycles. The number of aliphatic hydroxyl groups is 1. The largest absolute Gasteiger partial charge is 0.490 e. The summed E-state index contributed by atoms with van der Waals surface area (Å²) in [6.07, 6.45) is -1.65. The van der Waals surface area contributed by atoms with Crippen LogP contribution in [-0.2, 0) is 60.3 Å². The van der Waals surface area contributed by atoms with Crippen molar-refractivity contribution in [2.45, 2.75) is 81.4 Å². The molecule has 2 aliphatic rings. The number of carboxylic acid groups (broad SMARTS) is 2. The molecule has 0 spiro atoms. The second kappa shape index (κ2) is 28.5. The number of aliphatic carboxylic acids is 2. The molecule has 1 aliphatic carbocycles. The fourth-order valence-corrected chi connectivity index (χ4v) is 13.3. The maximum absolute atomic E-state index is 13.5. The molecule has 6 rings (SSSR count). The van der Waals surface area contributed by atoms with Gasteiger partial charge in [0.1, 0.15) is 48.8 Å². The summed E-state index contributed by atoms with van der Waals surface area (Å²) >= 11 is 0.